The third-order valence-corrected chi connectivity index (χ3v) is 6.37. The number of aliphatic hydroxyl groups is 1. The first-order chi connectivity index (χ1) is 8.67. The van der Waals surface area contributed by atoms with Gasteiger partial charge in [-0.2, -0.15) is 0 Å². The number of aliphatic hydroxyl groups excluding tert-OH is 1. The van der Waals surface area contributed by atoms with Crippen LogP contribution in [0.25, 0.3) is 0 Å². The van der Waals surface area contributed by atoms with Crippen LogP contribution in [0.1, 0.15) is 31.4 Å². The molecule has 0 saturated heterocycles. The van der Waals surface area contributed by atoms with Crippen molar-refractivity contribution in [1.29, 1.82) is 0 Å². The molecule has 0 aromatic heterocycles. The number of hydrogen-bond acceptors (Lipinski definition) is 3. The van der Waals surface area contributed by atoms with E-state index >= 15 is 0 Å². The van der Waals surface area contributed by atoms with E-state index in [9.17, 15) is 13.5 Å². The fourth-order valence-electron chi connectivity index (χ4n) is 2.02. The van der Waals surface area contributed by atoms with Gasteiger partial charge in [-0.05, 0) is 51.9 Å². The van der Waals surface area contributed by atoms with Crippen LogP contribution in [-0.2, 0) is 16.6 Å². The molecule has 6 heteroatoms. The minimum absolute atomic E-state index is 0.0116. The molecule has 1 aromatic carbocycles. The molecule has 0 amide bonds. The van der Waals surface area contributed by atoms with Crippen LogP contribution in [0.15, 0.2) is 21.5 Å². The van der Waals surface area contributed by atoms with Crippen LogP contribution < -0.4 is 4.72 Å². The summed E-state index contributed by atoms with van der Waals surface area (Å²) in [5, 5.41) is 9.19. The maximum absolute atomic E-state index is 12.4. The van der Waals surface area contributed by atoms with E-state index in [1.54, 1.807) is 6.07 Å². The summed E-state index contributed by atoms with van der Waals surface area (Å²) in [6, 6.07) is 3.27. The number of hydrogen-bond donors (Lipinski definition) is 2. The van der Waals surface area contributed by atoms with Crippen LogP contribution in [0, 0.1) is 12.3 Å². The molecule has 4 nitrogen and oxygen atoms in total. The van der Waals surface area contributed by atoms with Crippen molar-refractivity contribution in [1.82, 2.24) is 4.72 Å². The second-order valence-corrected chi connectivity index (χ2v) is 8.22. The Kier molecular flexibility index (Phi) is 3.81. The lowest BCUT2D eigenvalue weighted by atomic mass is 10.1. The van der Waals surface area contributed by atoms with Crippen molar-refractivity contribution >= 4 is 26.0 Å². The zero-order valence-electron chi connectivity index (χ0n) is 11.2. The highest BCUT2D eigenvalue weighted by Crippen LogP contribution is 2.45. The summed E-state index contributed by atoms with van der Waals surface area (Å²) < 4.78 is 28.0. The van der Waals surface area contributed by atoms with Crippen molar-refractivity contribution in [3.63, 3.8) is 0 Å². The number of sulfonamides is 1. The Morgan fingerprint density at radius 3 is 2.53 bits per heavy atom. The van der Waals surface area contributed by atoms with Crippen molar-refractivity contribution in [2.24, 2.45) is 5.41 Å². The van der Waals surface area contributed by atoms with Gasteiger partial charge in [0.2, 0.25) is 10.0 Å². The van der Waals surface area contributed by atoms with Crippen LogP contribution in [0.2, 0.25) is 0 Å². The molecule has 2 rings (SSSR count). The first-order valence-corrected chi connectivity index (χ1v) is 8.37. The highest BCUT2D eigenvalue weighted by molar-refractivity contribution is 9.10. The second-order valence-electron chi connectivity index (χ2n) is 5.75. The smallest absolute Gasteiger partial charge is 0.241 e. The summed E-state index contributed by atoms with van der Waals surface area (Å²) in [5.41, 5.74) is 1.42. The zero-order chi connectivity index (χ0) is 14.4. The number of rotatable bonds is 4. The summed E-state index contributed by atoms with van der Waals surface area (Å²) in [5.74, 6) is 0. The summed E-state index contributed by atoms with van der Waals surface area (Å²) >= 11 is 3.32. The minimum Gasteiger partial charge on any atom is -0.392 e. The molecule has 0 radical (unpaired) electrons. The number of halogens is 1. The van der Waals surface area contributed by atoms with E-state index in [0.717, 1.165) is 12.0 Å². The molecular formula is C13H18BrNO3S. The van der Waals surface area contributed by atoms with Crippen molar-refractivity contribution in [3.05, 3.63) is 27.7 Å². The van der Waals surface area contributed by atoms with Gasteiger partial charge < -0.3 is 5.11 Å². The summed E-state index contributed by atoms with van der Waals surface area (Å²) in [6.07, 6.45) is 0.850. The zero-order valence-corrected chi connectivity index (χ0v) is 13.6. The summed E-state index contributed by atoms with van der Waals surface area (Å²) in [4.78, 5) is 0.194. The Morgan fingerprint density at radius 2 is 2.05 bits per heavy atom. The predicted octanol–water partition coefficient (Wildman–Crippen LogP) is 2.33. The molecule has 1 aromatic rings. The predicted molar refractivity (Wildman–Crippen MR) is 77.3 cm³/mol. The van der Waals surface area contributed by atoms with Crippen LogP contribution in [-0.4, -0.2) is 19.6 Å². The Labute approximate surface area is 122 Å². The normalized spacial score (nSPS) is 21.4. The van der Waals surface area contributed by atoms with Crippen LogP contribution >= 0.6 is 15.9 Å². The number of aryl methyl sites for hydroxylation is 1. The van der Waals surface area contributed by atoms with E-state index < -0.39 is 10.0 Å². The lowest BCUT2D eigenvalue weighted by molar-refractivity contribution is 0.281. The Balaban J connectivity index is 2.37. The first-order valence-electron chi connectivity index (χ1n) is 6.09. The van der Waals surface area contributed by atoms with Crippen LogP contribution in [0.4, 0.5) is 0 Å². The SMILES string of the molecule is Cc1cc(CO)cc(S(=O)(=O)NC2CC2(C)C)c1Br. The van der Waals surface area contributed by atoms with Gasteiger partial charge in [0.05, 0.1) is 11.5 Å². The van der Waals surface area contributed by atoms with Gasteiger partial charge in [-0.25, -0.2) is 13.1 Å². The molecule has 1 atom stereocenters. The minimum atomic E-state index is -3.56. The highest BCUT2D eigenvalue weighted by atomic mass is 79.9. The van der Waals surface area contributed by atoms with Crippen molar-refractivity contribution in [2.45, 2.75) is 44.7 Å². The fourth-order valence-corrected chi connectivity index (χ4v) is 4.49. The molecule has 1 unspecified atom stereocenters. The molecule has 1 fully saturated rings. The Hall–Kier alpha value is -0.430. The quantitative estimate of drug-likeness (QED) is 0.878. The van der Waals surface area contributed by atoms with E-state index in [1.807, 2.05) is 20.8 Å². The standard InChI is InChI=1S/C13H18BrNO3S/c1-8-4-9(7-16)5-10(12(8)14)19(17,18)15-11-6-13(11,2)3/h4-5,11,15-16H,6-7H2,1-3H3. The summed E-state index contributed by atoms with van der Waals surface area (Å²) in [6.45, 7) is 5.70. The van der Waals surface area contributed by atoms with Gasteiger partial charge in [0.15, 0.2) is 0 Å². The molecule has 0 bridgehead atoms. The van der Waals surface area contributed by atoms with Crippen molar-refractivity contribution in [2.75, 3.05) is 0 Å². The number of nitrogens with one attached hydrogen (secondary N) is 1. The van der Waals surface area contributed by atoms with Gasteiger partial charge in [-0.15, -0.1) is 0 Å². The lowest BCUT2D eigenvalue weighted by Gasteiger charge is -2.12. The van der Waals surface area contributed by atoms with E-state index in [-0.39, 0.29) is 23.0 Å². The Morgan fingerprint density at radius 1 is 1.47 bits per heavy atom. The maximum atomic E-state index is 12.4. The van der Waals surface area contributed by atoms with Crippen LogP contribution in [0.5, 0.6) is 0 Å². The molecule has 19 heavy (non-hydrogen) atoms. The van der Waals surface area contributed by atoms with Crippen LogP contribution in [0.3, 0.4) is 0 Å². The van der Waals surface area contributed by atoms with Gasteiger partial charge in [-0.3, -0.25) is 0 Å². The molecule has 0 aliphatic heterocycles. The molecule has 1 saturated carbocycles. The average molecular weight is 348 g/mol. The van der Waals surface area contributed by atoms with Gasteiger partial charge >= 0.3 is 0 Å². The maximum Gasteiger partial charge on any atom is 0.241 e. The third kappa shape index (κ3) is 3.02. The molecule has 106 valence electrons. The molecule has 0 heterocycles. The Bertz CT molecular complexity index is 611. The molecule has 2 N–H and O–H groups in total. The molecule has 1 aliphatic rings. The van der Waals surface area contributed by atoms with Gasteiger partial charge in [0.1, 0.15) is 0 Å². The van der Waals surface area contributed by atoms with Gasteiger partial charge in [0, 0.05) is 10.5 Å². The average Bonchev–Trinajstić information content (AvgIpc) is 2.88. The van der Waals surface area contributed by atoms with E-state index in [2.05, 4.69) is 20.7 Å². The number of benzene rings is 1. The summed E-state index contributed by atoms with van der Waals surface area (Å²) in [7, 11) is -3.56. The third-order valence-electron chi connectivity index (χ3n) is 3.56. The molecule has 0 spiro atoms. The lowest BCUT2D eigenvalue weighted by Crippen LogP contribution is -2.29. The largest absolute Gasteiger partial charge is 0.392 e. The highest BCUT2D eigenvalue weighted by Gasteiger charge is 2.48. The second kappa shape index (κ2) is 4.84. The van der Waals surface area contributed by atoms with E-state index in [1.165, 1.54) is 6.07 Å². The monoisotopic (exact) mass is 347 g/mol. The first kappa shape index (κ1) is 15.0. The molecule has 1 aliphatic carbocycles. The van der Waals surface area contributed by atoms with Crippen molar-refractivity contribution in [3.8, 4) is 0 Å². The van der Waals surface area contributed by atoms with Gasteiger partial charge in [-0.1, -0.05) is 19.9 Å². The molecular weight excluding hydrogens is 330 g/mol. The van der Waals surface area contributed by atoms with Crippen molar-refractivity contribution < 1.29 is 13.5 Å². The van der Waals surface area contributed by atoms with E-state index in [4.69, 9.17) is 0 Å². The fraction of sp³-hybridized carbons (Fsp3) is 0.538. The topological polar surface area (TPSA) is 66.4 Å². The van der Waals surface area contributed by atoms with E-state index in [0.29, 0.717) is 10.0 Å². The van der Waals surface area contributed by atoms with Gasteiger partial charge in [0.25, 0.3) is 0 Å².